The van der Waals surface area contributed by atoms with Gasteiger partial charge in [-0.3, -0.25) is 4.79 Å². The van der Waals surface area contributed by atoms with Crippen molar-refractivity contribution in [3.05, 3.63) is 95.6 Å². The third-order valence-electron chi connectivity index (χ3n) is 3.62. The second kappa shape index (κ2) is 8.23. The first-order valence-corrected chi connectivity index (χ1v) is 8.01. The number of ketones is 1. The van der Waals surface area contributed by atoms with Crippen molar-refractivity contribution < 1.29 is 27.8 Å². The van der Waals surface area contributed by atoms with E-state index in [1.807, 2.05) is 18.2 Å². The van der Waals surface area contributed by atoms with Gasteiger partial charge in [0.25, 0.3) is 0 Å². The van der Waals surface area contributed by atoms with Gasteiger partial charge in [-0.2, -0.15) is 0 Å². The van der Waals surface area contributed by atoms with Gasteiger partial charge in [0, 0.05) is 5.56 Å². The van der Waals surface area contributed by atoms with E-state index >= 15 is 0 Å². The molecule has 4 nitrogen and oxygen atoms in total. The first-order chi connectivity index (χ1) is 13.0. The average Bonchev–Trinajstić information content (AvgIpc) is 2.69. The summed E-state index contributed by atoms with van der Waals surface area (Å²) in [6, 6.07) is 18.1. The summed E-state index contributed by atoms with van der Waals surface area (Å²) in [5.41, 5.74) is 0.115. The molecule has 0 amide bonds. The van der Waals surface area contributed by atoms with Crippen LogP contribution in [0.4, 0.5) is 8.78 Å². The van der Waals surface area contributed by atoms with Crippen molar-refractivity contribution in [2.45, 2.75) is 0 Å². The second-order valence-electron chi connectivity index (χ2n) is 5.57. The Balaban J connectivity index is 1.63. The molecule has 0 heterocycles. The van der Waals surface area contributed by atoms with Crippen LogP contribution in [0.1, 0.15) is 20.7 Å². The molecule has 0 saturated carbocycles. The van der Waals surface area contributed by atoms with Crippen molar-refractivity contribution in [2.75, 3.05) is 6.61 Å². The molecule has 0 unspecified atom stereocenters. The van der Waals surface area contributed by atoms with Crippen molar-refractivity contribution in [1.82, 2.24) is 0 Å². The van der Waals surface area contributed by atoms with Crippen LogP contribution in [0.3, 0.4) is 0 Å². The SMILES string of the molecule is O=C(COC(=O)c1cccc(Oc2ccccc2)c1)c1ccc(F)c(F)c1. The number of carbonyl (C=O) groups is 2. The molecule has 0 aliphatic heterocycles. The van der Waals surface area contributed by atoms with Crippen LogP contribution in [-0.4, -0.2) is 18.4 Å². The van der Waals surface area contributed by atoms with E-state index in [0.717, 1.165) is 18.2 Å². The number of esters is 1. The van der Waals surface area contributed by atoms with E-state index in [4.69, 9.17) is 9.47 Å². The van der Waals surface area contributed by atoms with Crippen LogP contribution in [0.2, 0.25) is 0 Å². The molecule has 0 saturated heterocycles. The fourth-order valence-corrected chi connectivity index (χ4v) is 2.28. The summed E-state index contributed by atoms with van der Waals surface area (Å²) < 4.78 is 36.7. The van der Waals surface area contributed by atoms with E-state index in [-0.39, 0.29) is 11.1 Å². The summed E-state index contributed by atoms with van der Waals surface area (Å²) >= 11 is 0. The van der Waals surface area contributed by atoms with Gasteiger partial charge in [0.05, 0.1) is 5.56 Å². The van der Waals surface area contributed by atoms with Crippen LogP contribution in [0.25, 0.3) is 0 Å². The summed E-state index contributed by atoms with van der Waals surface area (Å²) in [4.78, 5) is 24.1. The number of benzene rings is 3. The molecule has 0 atom stereocenters. The van der Waals surface area contributed by atoms with Gasteiger partial charge >= 0.3 is 5.97 Å². The van der Waals surface area contributed by atoms with Crippen LogP contribution in [0, 0.1) is 11.6 Å². The molecular weight excluding hydrogens is 354 g/mol. The predicted molar refractivity (Wildman–Crippen MR) is 93.9 cm³/mol. The molecule has 0 spiro atoms. The molecule has 0 aliphatic rings. The minimum Gasteiger partial charge on any atom is -0.457 e. The average molecular weight is 368 g/mol. The summed E-state index contributed by atoms with van der Waals surface area (Å²) in [6.45, 7) is -0.590. The Morgan fingerprint density at radius 3 is 2.22 bits per heavy atom. The van der Waals surface area contributed by atoms with Crippen LogP contribution in [0.5, 0.6) is 11.5 Å². The number of para-hydroxylation sites is 1. The monoisotopic (exact) mass is 368 g/mol. The van der Waals surface area contributed by atoms with Gasteiger partial charge in [0.1, 0.15) is 11.5 Å². The Morgan fingerprint density at radius 1 is 0.741 bits per heavy atom. The van der Waals surface area contributed by atoms with Crippen molar-refractivity contribution in [3.63, 3.8) is 0 Å². The fourth-order valence-electron chi connectivity index (χ4n) is 2.28. The largest absolute Gasteiger partial charge is 0.457 e. The van der Waals surface area contributed by atoms with E-state index in [2.05, 4.69) is 0 Å². The summed E-state index contributed by atoms with van der Waals surface area (Å²) in [7, 11) is 0. The number of hydrogen-bond acceptors (Lipinski definition) is 4. The lowest BCUT2D eigenvalue weighted by Crippen LogP contribution is -2.14. The molecule has 3 aromatic carbocycles. The Bertz CT molecular complexity index is 971. The molecule has 0 N–H and O–H groups in total. The minimum atomic E-state index is -1.14. The Morgan fingerprint density at radius 2 is 1.48 bits per heavy atom. The van der Waals surface area contributed by atoms with Gasteiger partial charge in [0.15, 0.2) is 24.0 Å². The molecule has 3 aromatic rings. The standard InChI is InChI=1S/C21H14F2O4/c22-18-10-9-14(12-19(18)23)20(24)13-26-21(25)15-5-4-8-17(11-15)27-16-6-2-1-3-7-16/h1-12H,13H2. The molecule has 0 fully saturated rings. The summed E-state index contributed by atoms with van der Waals surface area (Å²) in [5, 5.41) is 0. The van der Waals surface area contributed by atoms with E-state index in [1.165, 1.54) is 12.1 Å². The maximum atomic E-state index is 13.2. The maximum absolute atomic E-state index is 13.2. The van der Waals surface area contributed by atoms with Gasteiger partial charge < -0.3 is 9.47 Å². The molecule has 136 valence electrons. The first-order valence-electron chi connectivity index (χ1n) is 8.01. The minimum absolute atomic E-state index is 0.0807. The molecule has 27 heavy (non-hydrogen) atoms. The highest BCUT2D eigenvalue weighted by molar-refractivity contribution is 5.99. The van der Waals surface area contributed by atoms with Crippen LogP contribution < -0.4 is 4.74 Å². The lowest BCUT2D eigenvalue weighted by molar-refractivity contribution is 0.0474. The zero-order valence-corrected chi connectivity index (χ0v) is 14.0. The first kappa shape index (κ1) is 18.3. The van der Waals surface area contributed by atoms with Gasteiger partial charge in [0.2, 0.25) is 0 Å². The van der Waals surface area contributed by atoms with Crippen molar-refractivity contribution in [1.29, 1.82) is 0 Å². The normalized spacial score (nSPS) is 10.3. The Hall–Kier alpha value is -3.54. The molecule has 3 rings (SSSR count). The Kier molecular flexibility index (Phi) is 5.56. The molecule has 6 heteroatoms. The highest BCUT2D eigenvalue weighted by Gasteiger charge is 2.14. The van der Waals surface area contributed by atoms with Crippen LogP contribution in [0.15, 0.2) is 72.8 Å². The molecule has 0 aromatic heterocycles. The molecule has 0 radical (unpaired) electrons. The van der Waals surface area contributed by atoms with E-state index in [9.17, 15) is 18.4 Å². The number of carbonyl (C=O) groups excluding carboxylic acids is 2. The molecule has 0 bridgehead atoms. The Labute approximate surface area is 154 Å². The van der Waals surface area contributed by atoms with Gasteiger partial charge in [-0.1, -0.05) is 24.3 Å². The van der Waals surface area contributed by atoms with Crippen molar-refractivity contribution in [3.8, 4) is 11.5 Å². The van der Waals surface area contributed by atoms with Gasteiger partial charge in [-0.05, 0) is 48.5 Å². The number of rotatable bonds is 6. The molecular formula is C21H14F2O4. The highest BCUT2D eigenvalue weighted by Crippen LogP contribution is 2.22. The lowest BCUT2D eigenvalue weighted by Gasteiger charge is -2.08. The zero-order chi connectivity index (χ0) is 19.2. The highest BCUT2D eigenvalue weighted by atomic mass is 19.2. The third-order valence-corrected chi connectivity index (χ3v) is 3.62. The summed E-state index contributed by atoms with van der Waals surface area (Å²) in [6.07, 6.45) is 0. The lowest BCUT2D eigenvalue weighted by atomic mass is 10.1. The smallest absolute Gasteiger partial charge is 0.338 e. The number of hydrogen-bond donors (Lipinski definition) is 0. The quantitative estimate of drug-likeness (QED) is 0.463. The van der Waals surface area contributed by atoms with Crippen LogP contribution >= 0.6 is 0 Å². The van der Waals surface area contributed by atoms with E-state index in [0.29, 0.717) is 11.5 Å². The summed E-state index contributed by atoms with van der Waals surface area (Å²) in [5.74, 6) is -2.53. The van der Waals surface area contributed by atoms with E-state index < -0.39 is 30.0 Å². The topological polar surface area (TPSA) is 52.6 Å². The van der Waals surface area contributed by atoms with Gasteiger partial charge in [-0.15, -0.1) is 0 Å². The van der Waals surface area contributed by atoms with Crippen LogP contribution in [-0.2, 0) is 4.74 Å². The zero-order valence-electron chi connectivity index (χ0n) is 14.0. The van der Waals surface area contributed by atoms with Gasteiger partial charge in [-0.25, -0.2) is 13.6 Å². The van der Waals surface area contributed by atoms with E-state index in [1.54, 1.807) is 24.3 Å². The van der Waals surface area contributed by atoms with Crippen molar-refractivity contribution in [2.24, 2.45) is 0 Å². The second-order valence-corrected chi connectivity index (χ2v) is 5.57. The number of Topliss-reactive ketones (excluding diaryl/α,β-unsaturated/α-hetero) is 1. The third kappa shape index (κ3) is 4.76. The predicted octanol–water partition coefficient (Wildman–Crippen LogP) is 4.80. The van der Waals surface area contributed by atoms with Crippen molar-refractivity contribution >= 4 is 11.8 Å². The maximum Gasteiger partial charge on any atom is 0.338 e. The fraction of sp³-hybridized carbons (Fsp3) is 0.0476. The number of halogens is 2. The number of ether oxygens (including phenoxy) is 2. The molecule has 0 aliphatic carbocycles.